The third kappa shape index (κ3) is 3.39. The molecular formula is C11H18N2O. The Morgan fingerprint density at radius 2 is 2.36 bits per heavy atom. The van der Waals surface area contributed by atoms with Crippen LogP contribution >= 0.6 is 0 Å². The molecule has 1 amide bonds. The molecule has 1 saturated carbocycles. The number of carbonyl (C=O) groups is 1. The fourth-order valence-electron chi connectivity index (χ4n) is 1.48. The fraction of sp³-hybridized carbons (Fsp3) is 0.727. The van der Waals surface area contributed by atoms with Crippen molar-refractivity contribution in [2.45, 2.75) is 13.3 Å². The van der Waals surface area contributed by atoms with Crippen molar-refractivity contribution in [2.24, 2.45) is 11.8 Å². The van der Waals surface area contributed by atoms with Crippen LogP contribution in [0.25, 0.3) is 0 Å². The number of terminal acetylenes is 1. The van der Waals surface area contributed by atoms with Gasteiger partial charge in [0.05, 0.1) is 13.1 Å². The molecule has 0 saturated heterocycles. The highest BCUT2D eigenvalue weighted by atomic mass is 16.2. The SMILES string of the molecule is C#CCNCC(=O)N(C)CC1CC1C. The summed E-state index contributed by atoms with van der Waals surface area (Å²) in [4.78, 5) is 13.3. The zero-order valence-corrected chi connectivity index (χ0v) is 8.92. The van der Waals surface area contributed by atoms with Gasteiger partial charge in [0.2, 0.25) is 5.91 Å². The third-order valence-electron chi connectivity index (χ3n) is 2.71. The van der Waals surface area contributed by atoms with Crippen molar-refractivity contribution in [2.75, 3.05) is 26.7 Å². The monoisotopic (exact) mass is 194 g/mol. The largest absolute Gasteiger partial charge is 0.344 e. The average Bonchev–Trinajstić information content (AvgIpc) is 2.82. The Bertz CT molecular complexity index is 244. The molecule has 14 heavy (non-hydrogen) atoms. The molecule has 0 heterocycles. The number of nitrogens with one attached hydrogen (secondary N) is 1. The van der Waals surface area contributed by atoms with Gasteiger partial charge in [-0.1, -0.05) is 12.8 Å². The summed E-state index contributed by atoms with van der Waals surface area (Å²) in [6, 6.07) is 0. The van der Waals surface area contributed by atoms with Gasteiger partial charge in [-0.25, -0.2) is 0 Å². The van der Waals surface area contributed by atoms with Crippen LogP contribution in [0.3, 0.4) is 0 Å². The molecule has 2 unspecified atom stereocenters. The minimum Gasteiger partial charge on any atom is -0.344 e. The molecule has 1 rings (SSSR count). The second-order valence-corrected chi connectivity index (χ2v) is 4.06. The Labute approximate surface area is 85.9 Å². The molecule has 0 bridgehead atoms. The normalized spacial score (nSPS) is 24.1. The molecule has 2 atom stereocenters. The van der Waals surface area contributed by atoms with Gasteiger partial charge in [0.15, 0.2) is 0 Å². The summed E-state index contributed by atoms with van der Waals surface area (Å²) < 4.78 is 0. The molecule has 1 N–H and O–H groups in total. The van der Waals surface area contributed by atoms with E-state index >= 15 is 0 Å². The zero-order chi connectivity index (χ0) is 10.6. The Morgan fingerprint density at radius 1 is 1.71 bits per heavy atom. The van der Waals surface area contributed by atoms with Crippen LogP contribution in [0.2, 0.25) is 0 Å². The molecule has 1 fully saturated rings. The average molecular weight is 194 g/mol. The van der Waals surface area contributed by atoms with Gasteiger partial charge in [-0.05, 0) is 18.3 Å². The summed E-state index contributed by atoms with van der Waals surface area (Å²) in [7, 11) is 1.85. The number of rotatable bonds is 5. The molecular weight excluding hydrogens is 176 g/mol. The number of hydrogen-bond donors (Lipinski definition) is 1. The summed E-state index contributed by atoms with van der Waals surface area (Å²) in [5.41, 5.74) is 0. The van der Waals surface area contributed by atoms with E-state index in [0.29, 0.717) is 13.1 Å². The molecule has 0 aromatic heterocycles. The zero-order valence-electron chi connectivity index (χ0n) is 8.92. The molecule has 0 aliphatic heterocycles. The highest BCUT2D eigenvalue weighted by Crippen LogP contribution is 2.37. The Kier molecular flexibility index (Phi) is 3.97. The quantitative estimate of drug-likeness (QED) is 0.505. The maximum atomic E-state index is 11.5. The van der Waals surface area contributed by atoms with Crippen LogP contribution in [-0.4, -0.2) is 37.5 Å². The Balaban J connectivity index is 2.13. The van der Waals surface area contributed by atoms with Crippen LogP contribution < -0.4 is 5.32 Å². The van der Waals surface area contributed by atoms with Crippen molar-refractivity contribution in [3.63, 3.8) is 0 Å². The van der Waals surface area contributed by atoms with Gasteiger partial charge in [0.1, 0.15) is 0 Å². The highest BCUT2D eigenvalue weighted by molar-refractivity contribution is 5.78. The van der Waals surface area contributed by atoms with Crippen LogP contribution in [0.4, 0.5) is 0 Å². The fourth-order valence-corrected chi connectivity index (χ4v) is 1.48. The van der Waals surface area contributed by atoms with Gasteiger partial charge < -0.3 is 4.90 Å². The summed E-state index contributed by atoms with van der Waals surface area (Å²) >= 11 is 0. The number of hydrogen-bond acceptors (Lipinski definition) is 2. The van der Waals surface area contributed by atoms with Crippen LogP contribution in [-0.2, 0) is 4.79 Å². The van der Waals surface area contributed by atoms with Gasteiger partial charge in [0.25, 0.3) is 0 Å². The lowest BCUT2D eigenvalue weighted by Crippen LogP contribution is -2.36. The molecule has 1 aliphatic carbocycles. The molecule has 78 valence electrons. The summed E-state index contributed by atoms with van der Waals surface area (Å²) in [6.07, 6.45) is 6.32. The number of amides is 1. The van der Waals surface area contributed by atoms with E-state index in [1.165, 1.54) is 6.42 Å². The van der Waals surface area contributed by atoms with E-state index < -0.39 is 0 Å². The summed E-state index contributed by atoms with van der Waals surface area (Å²) in [6.45, 7) is 3.92. The van der Waals surface area contributed by atoms with Crippen molar-refractivity contribution in [1.82, 2.24) is 10.2 Å². The maximum absolute atomic E-state index is 11.5. The molecule has 3 heteroatoms. The Hall–Kier alpha value is -1.01. The first-order chi connectivity index (χ1) is 6.65. The van der Waals surface area contributed by atoms with Gasteiger partial charge in [-0.3, -0.25) is 10.1 Å². The predicted octanol–water partition coefficient (Wildman–Crippen LogP) is 0.324. The third-order valence-corrected chi connectivity index (χ3v) is 2.71. The second-order valence-electron chi connectivity index (χ2n) is 4.06. The Morgan fingerprint density at radius 3 is 2.86 bits per heavy atom. The van der Waals surface area contributed by atoms with Crippen molar-refractivity contribution < 1.29 is 4.79 Å². The first-order valence-corrected chi connectivity index (χ1v) is 5.03. The molecule has 0 aromatic rings. The number of carbonyl (C=O) groups excluding carboxylic acids is 1. The van der Waals surface area contributed by atoms with Crippen LogP contribution in [0, 0.1) is 24.2 Å². The first-order valence-electron chi connectivity index (χ1n) is 5.03. The van der Waals surface area contributed by atoms with E-state index in [-0.39, 0.29) is 5.91 Å². The smallest absolute Gasteiger partial charge is 0.236 e. The topological polar surface area (TPSA) is 32.3 Å². The van der Waals surface area contributed by atoms with Crippen molar-refractivity contribution in [1.29, 1.82) is 0 Å². The van der Waals surface area contributed by atoms with E-state index in [0.717, 1.165) is 18.4 Å². The van der Waals surface area contributed by atoms with Crippen molar-refractivity contribution in [3.8, 4) is 12.3 Å². The van der Waals surface area contributed by atoms with Crippen molar-refractivity contribution in [3.05, 3.63) is 0 Å². The minimum atomic E-state index is 0.124. The van der Waals surface area contributed by atoms with E-state index in [2.05, 4.69) is 18.2 Å². The minimum absolute atomic E-state index is 0.124. The lowest BCUT2D eigenvalue weighted by atomic mass is 10.3. The van der Waals surface area contributed by atoms with Gasteiger partial charge in [0, 0.05) is 13.6 Å². The number of likely N-dealkylation sites (N-methyl/N-ethyl adjacent to an activating group) is 1. The van der Waals surface area contributed by atoms with Crippen LogP contribution in [0.1, 0.15) is 13.3 Å². The van der Waals surface area contributed by atoms with E-state index in [1.54, 1.807) is 4.90 Å². The lowest BCUT2D eigenvalue weighted by molar-refractivity contribution is -0.129. The van der Waals surface area contributed by atoms with E-state index in [1.807, 2.05) is 7.05 Å². The predicted molar refractivity (Wildman–Crippen MR) is 56.6 cm³/mol. The van der Waals surface area contributed by atoms with Gasteiger partial charge in [-0.15, -0.1) is 6.42 Å². The molecule has 1 aliphatic rings. The van der Waals surface area contributed by atoms with Gasteiger partial charge >= 0.3 is 0 Å². The molecule has 3 nitrogen and oxygen atoms in total. The molecule has 0 radical (unpaired) electrons. The maximum Gasteiger partial charge on any atom is 0.236 e. The van der Waals surface area contributed by atoms with E-state index in [4.69, 9.17) is 6.42 Å². The molecule has 0 aromatic carbocycles. The standard InChI is InChI=1S/C11H18N2O/c1-4-5-12-7-11(14)13(3)8-10-6-9(10)2/h1,9-10,12H,5-8H2,2-3H3. The van der Waals surface area contributed by atoms with Crippen LogP contribution in [0.15, 0.2) is 0 Å². The number of nitrogens with zero attached hydrogens (tertiary/aromatic N) is 1. The summed E-state index contributed by atoms with van der Waals surface area (Å²) in [5, 5.41) is 2.89. The first kappa shape index (κ1) is 11.1. The lowest BCUT2D eigenvalue weighted by Gasteiger charge is -2.16. The molecule has 0 spiro atoms. The second kappa shape index (κ2) is 5.02. The van der Waals surface area contributed by atoms with Crippen molar-refractivity contribution >= 4 is 5.91 Å². The van der Waals surface area contributed by atoms with Gasteiger partial charge in [-0.2, -0.15) is 0 Å². The summed E-state index contributed by atoms with van der Waals surface area (Å²) in [5.74, 6) is 4.08. The van der Waals surface area contributed by atoms with Crippen LogP contribution in [0.5, 0.6) is 0 Å². The van der Waals surface area contributed by atoms with E-state index in [9.17, 15) is 4.79 Å². The highest BCUT2D eigenvalue weighted by Gasteiger charge is 2.33.